The van der Waals surface area contributed by atoms with E-state index in [1.807, 2.05) is 55.5 Å². The Kier molecular flexibility index (Phi) is 6.46. The Bertz CT molecular complexity index is 1200. The zero-order valence-corrected chi connectivity index (χ0v) is 20.7. The van der Waals surface area contributed by atoms with Crippen molar-refractivity contribution in [2.75, 3.05) is 0 Å². The lowest BCUT2D eigenvalue weighted by atomic mass is 9.91. The fourth-order valence-corrected chi connectivity index (χ4v) is 5.30. The van der Waals surface area contributed by atoms with Gasteiger partial charge in [0.2, 0.25) is 5.91 Å². The van der Waals surface area contributed by atoms with E-state index in [0.29, 0.717) is 18.8 Å². The van der Waals surface area contributed by atoms with Gasteiger partial charge in [-0.15, -0.1) is 0 Å². The maximum Gasteiger partial charge on any atom is 0.273 e. The molecule has 1 saturated carbocycles. The predicted octanol–water partition coefficient (Wildman–Crippen LogP) is 4.98. The smallest absolute Gasteiger partial charge is 0.273 e. The van der Waals surface area contributed by atoms with E-state index >= 15 is 0 Å². The Balaban J connectivity index is 1.49. The lowest BCUT2D eigenvalue weighted by Gasteiger charge is -2.44. The number of nitrogens with one attached hydrogen (secondary N) is 1. The van der Waals surface area contributed by atoms with Crippen LogP contribution in [0, 0.1) is 0 Å². The Hall–Kier alpha value is -3.41. The molecule has 1 fully saturated rings. The SMILES string of the molecule is CCc1ccc(-c2cc3n(n2)C[C@](C)(C(=O)NC2CCCCC2)N(Cc2ccccc2)C3=O)cc1. The van der Waals surface area contributed by atoms with Crippen molar-refractivity contribution in [2.24, 2.45) is 0 Å². The van der Waals surface area contributed by atoms with Gasteiger partial charge in [0, 0.05) is 18.2 Å². The van der Waals surface area contributed by atoms with Crippen molar-refractivity contribution in [3.63, 3.8) is 0 Å². The van der Waals surface area contributed by atoms with Crippen LogP contribution in [0.2, 0.25) is 0 Å². The highest BCUT2D eigenvalue weighted by molar-refractivity contribution is 6.00. The Morgan fingerprint density at radius 1 is 1.03 bits per heavy atom. The van der Waals surface area contributed by atoms with Gasteiger partial charge in [-0.25, -0.2) is 0 Å². The largest absolute Gasteiger partial charge is 0.351 e. The van der Waals surface area contributed by atoms with Crippen LogP contribution in [0.3, 0.4) is 0 Å². The highest BCUT2D eigenvalue weighted by Crippen LogP contribution is 2.32. The number of hydrogen-bond acceptors (Lipinski definition) is 3. The third kappa shape index (κ3) is 4.62. The summed E-state index contributed by atoms with van der Waals surface area (Å²) in [5.41, 5.74) is 3.48. The van der Waals surface area contributed by atoms with Crippen LogP contribution in [0.1, 0.15) is 67.6 Å². The summed E-state index contributed by atoms with van der Waals surface area (Å²) in [5.74, 6) is -0.256. The van der Waals surface area contributed by atoms with Gasteiger partial charge in [0.05, 0.1) is 12.2 Å². The van der Waals surface area contributed by atoms with Crippen LogP contribution >= 0.6 is 0 Å². The second-order valence-corrected chi connectivity index (χ2v) is 10.1. The van der Waals surface area contributed by atoms with Gasteiger partial charge in [0.1, 0.15) is 11.2 Å². The van der Waals surface area contributed by atoms with Crippen LogP contribution in [0.25, 0.3) is 11.3 Å². The summed E-state index contributed by atoms with van der Waals surface area (Å²) in [6, 6.07) is 20.2. The van der Waals surface area contributed by atoms with Crippen LogP contribution in [0.15, 0.2) is 60.7 Å². The van der Waals surface area contributed by atoms with Crippen molar-refractivity contribution in [2.45, 2.75) is 77.0 Å². The summed E-state index contributed by atoms with van der Waals surface area (Å²) >= 11 is 0. The van der Waals surface area contributed by atoms with Crippen molar-refractivity contribution < 1.29 is 9.59 Å². The number of carbonyl (C=O) groups is 2. The molecular weight excluding hydrogens is 436 g/mol. The standard InChI is InChI=1S/C29H34N4O2/c1-3-21-14-16-23(17-15-21)25-18-26-27(34)32(19-22-10-6-4-7-11-22)29(2,20-33(26)31-25)28(35)30-24-12-8-5-9-13-24/h4,6-7,10-11,14-18,24H,3,5,8-9,12-13,19-20H2,1-2H3,(H,30,35)/t29-/m1/s1. The first-order chi connectivity index (χ1) is 17.0. The van der Waals surface area contributed by atoms with E-state index in [-0.39, 0.29) is 17.9 Å². The van der Waals surface area contributed by atoms with E-state index in [0.717, 1.165) is 48.9 Å². The van der Waals surface area contributed by atoms with E-state index in [9.17, 15) is 9.59 Å². The zero-order chi connectivity index (χ0) is 24.4. The molecule has 182 valence electrons. The van der Waals surface area contributed by atoms with Crippen LogP contribution in [-0.4, -0.2) is 38.1 Å². The van der Waals surface area contributed by atoms with Crippen molar-refractivity contribution in [1.82, 2.24) is 20.0 Å². The first-order valence-electron chi connectivity index (χ1n) is 12.8. The van der Waals surface area contributed by atoms with E-state index in [1.165, 1.54) is 12.0 Å². The molecule has 0 unspecified atom stereocenters. The molecule has 0 bridgehead atoms. The number of aryl methyl sites for hydroxylation is 1. The molecule has 5 rings (SSSR count). The summed E-state index contributed by atoms with van der Waals surface area (Å²) < 4.78 is 1.73. The first-order valence-corrected chi connectivity index (χ1v) is 12.8. The molecule has 6 heteroatoms. The van der Waals surface area contributed by atoms with Crippen LogP contribution < -0.4 is 5.32 Å². The molecule has 1 N–H and O–H groups in total. The molecule has 0 radical (unpaired) electrons. The van der Waals surface area contributed by atoms with Crippen molar-refractivity contribution >= 4 is 11.8 Å². The summed E-state index contributed by atoms with van der Waals surface area (Å²) in [4.78, 5) is 29.3. The van der Waals surface area contributed by atoms with E-state index in [2.05, 4.69) is 24.4 Å². The maximum absolute atomic E-state index is 13.9. The van der Waals surface area contributed by atoms with Crippen LogP contribution in [0.4, 0.5) is 0 Å². The predicted molar refractivity (Wildman–Crippen MR) is 137 cm³/mol. The Labute approximate surface area is 207 Å². The number of benzene rings is 2. The monoisotopic (exact) mass is 470 g/mol. The summed E-state index contributed by atoms with van der Waals surface area (Å²) in [6.45, 7) is 4.71. The molecule has 0 spiro atoms. The molecule has 0 saturated heterocycles. The van der Waals surface area contributed by atoms with Gasteiger partial charge in [-0.2, -0.15) is 5.10 Å². The minimum atomic E-state index is -1.03. The van der Waals surface area contributed by atoms with E-state index < -0.39 is 5.54 Å². The molecule has 1 aliphatic carbocycles. The molecule has 2 aromatic carbocycles. The molecule has 2 amide bonds. The van der Waals surface area contributed by atoms with E-state index in [1.54, 1.807) is 9.58 Å². The number of fused-ring (bicyclic) bond motifs is 1. The third-order valence-corrected chi connectivity index (χ3v) is 7.57. The molecule has 35 heavy (non-hydrogen) atoms. The van der Waals surface area contributed by atoms with Gasteiger partial charge >= 0.3 is 0 Å². The fourth-order valence-electron chi connectivity index (χ4n) is 5.30. The average Bonchev–Trinajstić information content (AvgIpc) is 3.31. The van der Waals surface area contributed by atoms with Gasteiger partial charge in [-0.1, -0.05) is 80.8 Å². The molecule has 1 aliphatic heterocycles. The highest BCUT2D eigenvalue weighted by Gasteiger charge is 2.48. The van der Waals surface area contributed by atoms with Crippen LogP contribution in [-0.2, 0) is 24.3 Å². The Morgan fingerprint density at radius 3 is 2.43 bits per heavy atom. The second kappa shape index (κ2) is 9.68. The molecule has 1 aromatic heterocycles. The van der Waals surface area contributed by atoms with Crippen LogP contribution in [0.5, 0.6) is 0 Å². The minimum Gasteiger partial charge on any atom is -0.351 e. The maximum atomic E-state index is 13.9. The molecule has 3 aromatic rings. The summed E-state index contributed by atoms with van der Waals surface area (Å²) in [6.07, 6.45) is 6.47. The molecule has 1 atom stereocenters. The van der Waals surface area contributed by atoms with Crippen molar-refractivity contribution in [3.05, 3.63) is 77.5 Å². The Morgan fingerprint density at radius 2 is 1.74 bits per heavy atom. The topological polar surface area (TPSA) is 67.2 Å². The second-order valence-electron chi connectivity index (χ2n) is 10.1. The van der Waals surface area contributed by atoms with Gasteiger partial charge in [-0.3, -0.25) is 14.3 Å². The average molecular weight is 471 g/mol. The molecular formula is C29H34N4O2. The molecule has 6 nitrogen and oxygen atoms in total. The number of rotatable bonds is 6. The number of aromatic nitrogens is 2. The normalized spacial score (nSPS) is 20.5. The highest BCUT2D eigenvalue weighted by atomic mass is 16.2. The third-order valence-electron chi connectivity index (χ3n) is 7.57. The zero-order valence-electron chi connectivity index (χ0n) is 20.7. The summed E-state index contributed by atoms with van der Waals surface area (Å²) in [5, 5.41) is 8.06. The number of amides is 2. The van der Waals surface area contributed by atoms with Gasteiger partial charge in [-0.05, 0) is 43.4 Å². The lowest BCUT2D eigenvalue weighted by Crippen LogP contribution is -2.64. The van der Waals surface area contributed by atoms with Crippen molar-refractivity contribution in [1.29, 1.82) is 0 Å². The molecule has 2 aliphatic rings. The lowest BCUT2D eigenvalue weighted by molar-refractivity contribution is -0.134. The van der Waals surface area contributed by atoms with E-state index in [4.69, 9.17) is 5.10 Å². The number of hydrogen-bond donors (Lipinski definition) is 1. The minimum absolute atomic E-state index is 0.0938. The quantitative estimate of drug-likeness (QED) is 0.553. The number of nitrogens with zero attached hydrogens (tertiary/aromatic N) is 3. The first kappa shape index (κ1) is 23.3. The van der Waals surface area contributed by atoms with Gasteiger partial charge in [0.25, 0.3) is 5.91 Å². The van der Waals surface area contributed by atoms with Crippen molar-refractivity contribution in [3.8, 4) is 11.3 Å². The number of carbonyl (C=O) groups excluding carboxylic acids is 2. The van der Waals surface area contributed by atoms with Gasteiger partial charge in [0.15, 0.2) is 0 Å². The van der Waals surface area contributed by atoms with Gasteiger partial charge < -0.3 is 10.2 Å². The fraction of sp³-hybridized carbons (Fsp3) is 0.414. The molecule has 2 heterocycles. The summed E-state index contributed by atoms with van der Waals surface area (Å²) in [7, 11) is 0.